The van der Waals surface area contributed by atoms with Gasteiger partial charge in [-0.15, -0.1) is 0 Å². The number of hydrogen-bond donors (Lipinski definition) is 2. The van der Waals surface area contributed by atoms with Crippen molar-refractivity contribution in [2.45, 2.75) is 35.7 Å². The molecule has 5 rings (SSSR count). The molecule has 0 spiro atoms. The fourth-order valence-electron chi connectivity index (χ4n) is 5.74. The molecule has 1 aromatic carbocycles. The Morgan fingerprint density at radius 3 is 2.65 bits per heavy atom. The average molecular weight is 593 g/mol. The summed E-state index contributed by atoms with van der Waals surface area (Å²) in [7, 11) is -3.66. The van der Waals surface area contributed by atoms with Crippen LogP contribution in [-0.4, -0.2) is 114 Å². The van der Waals surface area contributed by atoms with Gasteiger partial charge in [0.1, 0.15) is 11.7 Å². The summed E-state index contributed by atoms with van der Waals surface area (Å²) in [5, 5.41) is 14.7. The third-order valence-electron chi connectivity index (χ3n) is 8.04. The van der Waals surface area contributed by atoms with Crippen LogP contribution in [0.4, 0.5) is 9.52 Å². The topological polar surface area (TPSA) is 122 Å². The predicted molar refractivity (Wildman–Crippen MR) is 154 cm³/mol. The van der Waals surface area contributed by atoms with E-state index in [1.807, 2.05) is 11.8 Å². The fourth-order valence-corrected chi connectivity index (χ4v) is 8.47. The van der Waals surface area contributed by atoms with E-state index in [1.54, 1.807) is 18.3 Å². The van der Waals surface area contributed by atoms with Crippen LogP contribution < -0.4 is 10.7 Å². The van der Waals surface area contributed by atoms with Crippen molar-refractivity contribution >= 4 is 32.3 Å². The Kier molecular flexibility index (Phi) is 8.73. The van der Waals surface area contributed by atoms with Gasteiger partial charge in [-0.2, -0.15) is 9.41 Å². The SMILES string of the molecule is C=CN(/C(CN1CCN(S(=O)(=O)c2cnc(N3CCN4C[C@H](O)C[C@H]4C3)s2)CC1)=N\N)[C@H](C)c1ccc(F)cc1. The van der Waals surface area contributed by atoms with Gasteiger partial charge in [0.15, 0.2) is 9.34 Å². The molecule has 2 aromatic rings. The fraction of sp³-hybridized carbons (Fsp3) is 0.538. The van der Waals surface area contributed by atoms with Crippen molar-refractivity contribution in [3.05, 3.63) is 54.6 Å². The zero-order valence-electron chi connectivity index (χ0n) is 22.6. The number of rotatable bonds is 8. The third-order valence-corrected chi connectivity index (χ3v) is 11.4. The number of amidine groups is 1. The molecule has 218 valence electrons. The van der Waals surface area contributed by atoms with Crippen LogP contribution in [0, 0.1) is 5.82 Å². The molecule has 3 fully saturated rings. The molecule has 0 unspecified atom stereocenters. The summed E-state index contributed by atoms with van der Waals surface area (Å²) in [6.07, 6.45) is 3.57. The lowest BCUT2D eigenvalue weighted by molar-refractivity contribution is 0.173. The molecule has 40 heavy (non-hydrogen) atoms. The van der Waals surface area contributed by atoms with E-state index in [4.69, 9.17) is 5.84 Å². The number of aliphatic hydroxyl groups excluding tert-OH is 1. The van der Waals surface area contributed by atoms with Gasteiger partial charge in [-0.1, -0.05) is 30.0 Å². The minimum Gasteiger partial charge on any atom is -0.392 e. The number of sulfonamides is 1. The molecule has 3 atom stereocenters. The molecule has 3 aliphatic heterocycles. The molecular formula is C26H37FN8O3S2. The Hall–Kier alpha value is -2.62. The van der Waals surface area contributed by atoms with E-state index in [0.29, 0.717) is 50.2 Å². The molecule has 0 radical (unpaired) electrons. The number of piperazine rings is 2. The van der Waals surface area contributed by atoms with Crippen molar-refractivity contribution in [1.82, 2.24) is 24.0 Å². The number of fused-ring (bicyclic) bond motifs is 1. The van der Waals surface area contributed by atoms with E-state index >= 15 is 0 Å². The van der Waals surface area contributed by atoms with Gasteiger partial charge >= 0.3 is 0 Å². The van der Waals surface area contributed by atoms with Gasteiger partial charge < -0.3 is 20.7 Å². The zero-order valence-corrected chi connectivity index (χ0v) is 24.3. The first kappa shape index (κ1) is 28.9. The maximum absolute atomic E-state index is 13.4. The summed E-state index contributed by atoms with van der Waals surface area (Å²) >= 11 is 1.21. The zero-order chi connectivity index (χ0) is 28.4. The number of nitrogens with zero attached hydrogens (tertiary/aromatic N) is 7. The lowest BCUT2D eigenvalue weighted by atomic mass is 10.1. The van der Waals surface area contributed by atoms with Gasteiger partial charge in [0.05, 0.1) is 24.9 Å². The Morgan fingerprint density at radius 2 is 1.98 bits per heavy atom. The van der Waals surface area contributed by atoms with Crippen molar-refractivity contribution < 1.29 is 17.9 Å². The molecule has 3 aliphatic rings. The van der Waals surface area contributed by atoms with E-state index in [-0.39, 0.29) is 28.2 Å². The van der Waals surface area contributed by atoms with Crippen LogP contribution in [0.5, 0.6) is 0 Å². The molecule has 3 N–H and O–H groups in total. The van der Waals surface area contributed by atoms with Gasteiger partial charge in [0.2, 0.25) is 0 Å². The van der Waals surface area contributed by atoms with Crippen LogP contribution >= 0.6 is 11.3 Å². The number of anilines is 1. The highest BCUT2D eigenvalue weighted by molar-refractivity contribution is 7.91. The first-order valence-electron chi connectivity index (χ1n) is 13.5. The second-order valence-corrected chi connectivity index (χ2v) is 13.7. The van der Waals surface area contributed by atoms with E-state index in [9.17, 15) is 17.9 Å². The standard InChI is InChI=1S/C26H37FN8O3S2/c1-3-35(19(2)20-4-6-21(27)7-5-20)24(30-28)18-31-8-12-34(13-9-31)40(37,38)25-15-29-26(39-25)33-11-10-32-17-23(36)14-22(32)16-33/h3-7,15,19,22-23,36H,1,8-14,16-18,28H2,2H3/b30-24-/t19-,22+,23-/m1/s1. The quantitative estimate of drug-likeness (QED) is 0.202. The summed E-state index contributed by atoms with van der Waals surface area (Å²) in [6.45, 7) is 11.1. The monoisotopic (exact) mass is 592 g/mol. The normalized spacial score (nSPS) is 24.2. The third kappa shape index (κ3) is 6.02. The Balaban J connectivity index is 1.17. The van der Waals surface area contributed by atoms with E-state index in [0.717, 1.165) is 31.6 Å². The van der Waals surface area contributed by atoms with E-state index in [1.165, 1.54) is 34.0 Å². The van der Waals surface area contributed by atoms with Crippen molar-refractivity contribution in [2.24, 2.45) is 10.9 Å². The highest BCUT2D eigenvalue weighted by atomic mass is 32.2. The van der Waals surface area contributed by atoms with Crippen LogP contribution in [0.1, 0.15) is 24.9 Å². The van der Waals surface area contributed by atoms with Crippen LogP contribution in [-0.2, 0) is 10.0 Å². The Labute approximate surface area is 239 Å². The van der Waals surface area contributed by atoms with Gasteiger partial charge in [-0.05, 0) is 37.2 Å². The number of halogens is 1. The number of thiazole rings is 1. The molecule has 14 heteroatoms. The second-order valence-electron chi connectivity index (χ2n) is 10.5. The largest absolute Gasteiger partial charge is 0.392 e. The van der Waals surface area contributed by atoms with Gasteiger partial charge in [-0.25, -0.2) is 17.8 Å². The minimum absolute atomic E-state index is 0.163. The van der Waals surface area contributed by atoms with Crippen LogP contribution in [0.2, 0.25) is 0 Å². The smallest absolute Gasteiger partial charge is 0.254 e. The summed E-state index contributed by atoms with van der Waals surface area (Å²) in [4.78, 5) is 12.8. The molecule has 0 aliphatic carbocycles. The minimum atomic E-state index is -3.66. The van der Waals surface area contributed by atoms with Crippen molar-refractivity contribution in [3.63, 3.8) is 0 Å². The highest BCUT2D eigenvalue weighted by Crippen LogP contribution is 2.32. The Bertz CT molecular complexity index is 1310. The summed E-state index contributed by atoms with van der Waals surface area (Å²) in [5.74, 6) is 6.05. The lowest BCUT2D eigenvalue weighted by Gasteiger charge is -2.37. The van der Waals surface area contributed by atoms with Crippen LogP contribution in [0.3, 0.4) is 0 Å². The lowest BCUT2D eigenvalue weighted by Crippen LogP contribution is -2.51. The van der Waals surface area contributed by atoms with Gasteiger partial charge in [0.25, 0.3) is 10.0 Å². The Morgan fingerprint density at radius 1 is 1.25 bits per heavy atom. The molecule has 0 saturated carbocycles. The highest BCUT2D eigenvalue weighted by Gasteiger charge is 2.37. The first-order chi connectivity index (χ1) is 19.2. The van der Waals surface area contributed by atoms with Gasteiger partial charge in [0, 0.05) is 58.4 Å². The maximum atomic E-state index is 13.4. The van der Waals surface area contributed by atoms with E-state index in [2.05, 4.69) is 31.4 Å². The van der Waals surface area contributed by atoms with Crippen LogP contribution in [0.15, 0.2) is 52.6 Å². The number of nitrogens with two attached hydrogens (primary N) is 1. The molecular weight excluding hydrogens is 555 g/mol. The van der Waals surface area contributed by atoms with E-state index < -0.39 is 10.0 Å². The molecule has 0 bridgehead atoms. The summed E-state index contributed by atoms with van der Waals surface area (Å²) in [6, 6.07) is 6.39. The first-order valence-corrected chi connectivity index (χ1v) is 15.7. The van der Waals surface area contributed by atoms with Crippen molar-refractivity contribution in [3.8, 4) is 0 Å². The van der Waals surface area contributed by atoms with Crippen molar-refractivity contribution in [1.29, 1.82) is 0 Å². The number of benzene rings is 1. The average Bonchev–Trinajstić information content (AvgIpc) is 3.60. The predicted octanol–water partition coefficient (Wildman–Crippen LogP) is 1.32. The summed E-state index contributed by atoms with van der Waals surface area (Å²) < 4.78 is 42.0. The number of aliphatic hydroxyl groups is 1. The number of hydrogen-bond acceptors (Lipinski definition) is 10. The molecule has 1 aromatic heterocycles. The molecule has 4 heterocycles. The molecule has 0 amide bonds. The number of hydrazone groups is 1. The summed E-state index contributed by atoms with van der Waals surface area (Å²) in [5.41, 5.74) is 0.894. The van der Waals surface area contributed by atoms with Crippen LogP contribution in [0.25, 0.3) is 0 Å². The molecule has 3 saturated heterocycles. The van der Waals surface area contributed by atoms with Crippen molar-refractivity contribution in [2.75, 3.05) is 63.8 Å². The molecule has 11 nitrogen and oxygen atoms in total. The van der Waals surface area contributed by atoms with Gasteiger partial charge in [-0.3, -0.25) is 9.80 Å². The maximum Gasteiger partial charge on any atom is 0.254 e. The second kappa shape index (κ2) is 12.1. The number of aromatic nitrogens is 1.